The molecule has 1 aromatic rings. The summed E-state index contributed by atoms with van der Waals surface area (Å²) in [7, 11) is 4.04. The van der Waals surface area contributed by atoms with Crippen LogP contribution in [-0.4, -0.2) is 80.1 Å². The standard InChI is InChI=1S/C18H29N5O3/c1-14-13-15(16(24)19-7-4-8-22(2)3)21-17(20-14)23-9-5-18(6-10-23)25-11-12-26-18/h13H,4-12H2,1-3H3,(H,19,24). The smallest absolute Gasteiger partial charge is 0.270 e. The molecular weight excluding hydrogens is 334 g/mol. The van der Waals surface area contributed by atoms with Crippen LogP contribution in [0.5, 0.6) is 0 Å². The van der Waals surface area contributed by atoms with Crippen molar-refractivity contribution in [2.45, 2.75) is 32.0 Å². The summed E-state index contributed by atoms with van der Waals surface area (Å²) in [5, 5.41) is 2.94. The lowest BCUT2D eigenvalue weighted by Crippen LogP contribution is -2.46. The maximum Gasteiger partial charge on any atom is 0.270 e. The van der Waals surface area contributed by atoms with Crippen molar-refractivity contribution in [3.8, 4) is 0 Å². The van der Waals surface area contributed by atoms with Crippen LogP contribution in [0.4, 0.5) is 5.95 Å². The van der Waals surface area contributed by atoms with Crippen LogP contribution in [0.1, 0.15) is 35.4 Å². The topological polar surface area (TPSA) is 79.8 Å². The van der Waals surface area contributed by atoms with Gasteiger partial charge >= 0.3 is 0 Å². The first-order chi connectivity index (χ1) is 12.5. The third-order valence-electron chi connectivity index (χ3n) is 4.76. The second kappa shape index (κ2) is 8.28. The number of carbonyl (C=O) groups excluding carboxylic acids is 1. The Morgan fingerprint density at radius 3 is 2.62 bits per heavy atom. The van der Waals surface area contributed by atoms with Crippen molar-refractivity contribution < 1.29 is 14.3 Å². The minimum atomic E-state index is -0.424. The second-order valence-corrected chi connectivity index (χ2v) is 7.20. The van der Waals surface area contributed by atoms with Gasteiger partial charge in [-0.05, 0) is 40.1 Å². The Kier molecular flexibility index (Phi) is 6.05. The van der Waals surface area contributed by atoms with Crippen LogP contribution >= 0.6 is 0 Å². The zero-order valence-corrected chi connectivity index (χ0v) is 16.0. The van der Waals surface area contributed by atoms with Gasteiger partial charge in [0.05, 0.1) is 13.2 Å². The lowest BCUT2D eigenvalue weighted by molar-refractivity contribution is -0.169. The van der Waals surface area contributed by atoms with Gasteiger partial charge in [-0.15, -0.1) is 0 Å². The number of nitrogens with zero attached hydrogens (tertiary/aromatic N) is 4. The molecule has 0 aromatic carbocycles. The van der Waals surface area contributed by atoms with Gasteiger partial charge in [-0.25, -0.2) is 9.97 Å². The van der Waals surface area contributed by atoms with E-state index in [4.69, 9.17) is 9.47 Å². The molecule has 0 aliphatic carbocycles. The summed E-state index contributed by atoms with van der Waals surface area (Å²) in [5.74, 6) is 0.0372. The van der Waals surface area contributed by atoms with Crippen LogP contribution in [0.3, 0.4) is 0 Å². The number of nitrogens with one attached hydrogen (secondary N) is 1. The second-order valence-electron chi connectivity index (χ2n) is 7.20. The lowest BCUT2D eigenvalue weighted by atomic mass is 10.0. The van der Waals surface area contributed by atoms with Crippen molar-refractivity contribution in [2.75, 3.05) is 58.4 Å². The van der Waals surface area contributed by atoms with Crippen molar-refractivity contribution in [1.29, 1.82) is 0 Å². The molecule has 2 aliphatic heterocycles. The van der Waals surface area contributed by atoms with E-state index in [9.17, 15) is 4.79 Å². The van der Waals surface area contributed by atoms with Crippen LogP contribution in [0.2, 0.25) is 0 Å². The molecule has 3 rings (SSSR count). The van der Waals surface area contributed by atoms with E-state index in [-0.39, 0.29) is 5.91 Å². The van der Waals surface area contributed by atoms with E-state index in [1.807, 2.05) is 21.0 Å². The zero-order chi connectivity index (χ0) is 18.6. The van der Waals surface area contributed by atoms with E-state index < -0.39 is 5.79 Å². The Morgan fingerprint density at radius 1 is 1.27 bits per heavy atom. The van der Waals surface area contributed by atoms with E-state index in [0.29, 0.717) is 31.4 Å². The van der Waals surface area contributed by atoms with Crippen LogP contribution in [-0.2, 0) is 9.47 Å². The summed E-state index contributed by atoms with van der Waals surface area (Å²) in [4.78, 5) is 25.6. The minimum Gasteiger partial charge on any atom is -0.351 e. The Labute approximate surface area is 154 Å². The maximum absolute atomic E-state index is 12.4. The fourth-order valence-corrected chi connectivity index (χ4v) is 3.33. The Hall–Kier alpha value is -1.77. The molecule has 26 heavy (non-hydrogen) atoms. The fraction of sp³-hybridized carbons (Fsp3) is 0.722. The molecular formula is C18H29N5O3. The summed E-state index contributed by atoms with van der Waals surface area (Å²) in [6, 6.07) is 1.74. The molecule has 144 valence electrons. The van der Waals surface area contributed by atoms with E-state index in [1.165, 1.54) is 0 Å². The van der Waals surface area contributed by atoms with Crippen molar-refractivity contribution >= 4 is 11.9 Å². The predicted molar refractivity (Wildman–Crippen MR) is 98.4 cm³/mol. The summed E-state index contributed by atoms with van der Waals surface area (Å²) >= 11 is 0. The monoisotopic (exact) mass is 363 g/mol. The van der Waals surface area contributed by atoms with Gasteiger partial charge in [0.25, 0.3) is 5.91 Å². The Bertz CT molecular complexity index is 621. The summed E-state index contributed by atoms with van der Waals surface area (Å²) in [6.07, 6.45) is 2.48. The first-order valence-corrected chi connectivity index (χ1v) is 9.29. The summed E-state index contributed by atoms with van der Waals surface area (Å²) in [6.45, 7) is 6.31. The molecule has 2 saturated heterocycles. The molecule has 0 atom stereocenters. The molecule has 1 N–H and O–H groups in total. The van der Waals surface area contributed by atoms with Crippen LogP contribution in [0, 0.1) is 6.92 Å². The number of ether oxygens (including phenoxy) is 2. The number of hydrogen-bond acceptors (Lipinski definition) is 7. The van der Waals surface area contributed by atoms with Crippen LogP contribution < -0.4 is 10.2 Å². The van der Waals surface area contributed by atoms with Gasteiger partial charge in [0.2, 0.25) is 5.95 Å². The highest BCUT2D eigenvalue weighted by molar-refractivity contribution is 5.92. The summed E-state index contributed by atoms with van der Waals surface area (Å²) in [5.41, 5.74) is 1.22. The Morgan fingerprint density at radius 2 is 1.96 bits per heavy atom. The SMILES string of the molecule is Cc1cc(C(=O)NCCCN(C)C)nc(N2CCC3(CC2)OCCO3)n1. The number of aryl methyl sites for hydroxylation is 1. The Balaban J connectivity index is 1.60. The molecule has 1 spiro atoms. The largest absolute Gasteiger partial charge is 0.351 e. The van der Waals surface area contributed by atoms with Gasteiger partial charge in [0.1, 0.15) is 5.69 Å². The molecule has 2 fully saturated rings. The molecule has 0 saturated carbocycles. The number of carbonyl (C=O) groups is 1. The van der Waals surface area contributed by atoms with Gasteiger partial charge in [-0.3, -0.25) is 4.79 Å². The average Bonchev–Trinajstić information content (AvgIpc) is 3.06. The van der Waals surface area contributed by atoms with Gasteiger partial charge in [-0.2, -0.15) is 0 Å². The third-order valence-corrected chi connectivity index (χ3v) is 4.76. The fourth-order valence-electron chi connectivity index (χ4n) is 3.33. The quantitative estimate of drug-likeness (QED) is 0.749. The third kappa shape index (κ3) is 4.69. The molecule has 8 nitrogen and oxygen atoms in total. The highest BCUT2D eigenvalue weighted by atomic mass is 16.7. The molecule has 3 heterocycles. The molecule has 8 heteroatoms. The van der Waals surface area contributed by atoms with E-state index in [0.717, 1.165) is 44.6 Å². The highest BCUT2D eigenvalue weighted by Crippen LogP contribution is 2.32. The van der Waals surface area contributed by atoms with Crippen LogP contribution in [0.25, 0.3) is 0 Å². The number of piperidine rings is 1. The van der Waals surface area contributed by atoms with Crippen molar-refractivity contribution in [3.63, 3.8) is 0 Å². The predicted octanol–water partition coefficient (Wildman–Crippen LogP) is 0.810. The van der Waals surface area contributed by atoms with E-state index in [2.05, 4.69) is 25.1 Å². The van der Waals surface area contributed by atoms with Crippen molar-refractivity contribution in [3.05, 3.63) is 17.5 Å². The van der Waals surface area contributed by atoms with Gasteiger partial charge < -0.3 is 24.6 Å². The molecule has 0 unspecified atom stereocenters. The van der Waals surface area contributed by atoms with E-state index in [1.54, 1.807) is 6.07 Å². The van der Waals surface area contributed by atoms with Gasteiger partial charge in [-0.1, -0.05) is 0 Å². The highest BCUT2D eigenvalue weighted by Gasteiger charge is 2.40. The number of anilines is 1. The minimum absolute atomic E-state index is 0.147. The number of hydrogen-bond donors (Lipinski definition) is 1. The van der Waals surface area contributed by atoms with Gasteiger partial charge in [0.15, 0.2) is 5.79 Å². The first kappa shape index (κ1) is 19.0. The molecule has 0 radical (unpaired) electrons. The molecule has 2 aliphatic rings. The van der Waals surface area contributed by atoms with Crippen molar-refractivity contribution in [2.24, 2.45) is 0 Å². The molecule has 1 aromatic heterocycles. The lowest BCUT2D eigenvalue weighted by Gasteiger charge is -2.37. The average molecular weight is 363 g/mol. The summed E-state index contributed by atoms with van der Waals surface area (Å²) < 4.78 is 11.5. The number of amides is 1. The molecule has 0 bridgehead atoms. The normalized spacial score (nSPS) is 19.3. The van der Waals surface area contributed by atoms with Crippen LogP contribution in [0.15, 0.2) is 6.07 Å². The van der Waals surface area contributed by atoms with E-state index >= 15 is 0 Å². The molecule has 1 amide bonds. The zero-order valence-electron chi connectivity index (χ0n) is 16.0. The maximum atomic E-state index is 12.4. The number of rotatable bonds is 6. The first-order valence-electron chi connectivity index (χ1n) is 9.29. The number of aromatic nitrogens is 2. The van der Waals surface area contributed by atoms with Crippen molar-refractivity contribution in [1.82, 2.24) is 20.2 Å². The van der Waals surface area contributed by atoms with Gasteiger partial charge in [0, 0.05) is 38.2 Å².